The number of anilines is 1. The van der Waals surface area contributed by atoms with Crippen molar-refractivity contribution in [2.24, 2.45) is 5.92 Å². The van der Waals surface area contributed by atoms with Crippen LogP contribution in [0.25, 0.3) is 0 Å². The summed E-state index contributed by atoms with van der Waals surface area (Å²) in [5, 5.41) is 5.63. The van der Waals surface area contributed by atoms with E-state index in [2.05, 4.69) is 17.6 Å². The summed E-state index contributed by atoms with van der Waals surface area (Å²) in [4.78, 5) is 37.3. The van der Waals surface area contributed by atoms with Gasteiger partial charge in [-0.3, -0.25) is 9.59 Å². The standard InChI is InChI=1S/C22H26N2O5/c1-14-8-3-5-10-17(14)23-20(25)15(2)29-22(27)16-9-4-6-11-18(16)24-21(26)19-12-7-13-28-19/h4,6-7,9,11-15,17H,3,5,8,10H2,1-2H3,(H,23,25)(H,24,26)/t14-,15-,17-/m1/s1. The number of furan rings is 1. The van der Waals surface area contributed by atoms with Crippen LogP contribution in [-0.4, -0.2) is 29.9 Å². The fraction of sp³-hybridized carbons (Fsp3) is 0.409. The third-order valence-corrected chi connectivity index (χ3v) is 5.23. The normalized spacial score (nSPS) is 19.8. The summed E-state index contributed by atoms with van der Waals surface area (Å²) < 4.78 is 10.4. The molecule has 0 spiro atoms. The fourth-order valence-corrected chi connectivity index (χ4v) is 3.47. The first-order valence-corrected chi connectivity index (χ1v) is 9.91. The second-order valence-electron chi connectivity index (χ2n) is 7.40. The van der Waals surface area contributed by atoms with Gasteiger partial charge < -0.3 is 19.8 Å². The topological polar surface area (TPSA) is 97.6 Å². The molecule has 0 aliphatic heterocycles. The molecule has 1 aliphatic rings. The van der Waals surface area contributed by atoms with E-state index in [0.29, 0.717) is 5.92 Å². The predicted octanol–water partition coefficient (Wildman–Crippen LogP) is 3.77. The molecule has 0 unspecified atom stereocenters. The van der Waals surface area contributed by atoms with Gasteiger partial charge in [-0.15, -0.1) is 0 Å². The van der Waals surface area contributed by atoms with Crippen molar-refractivity contribution in [3.63, 3.8) is 0 Å². The zero-order valence-corrected chi connectivity index (χ0v) is 16.6. The minimum Gasteiger partial charge on any atom is -0.459 e. The highest BCUT2D eigenvalue weighted by atomic mass is 16.5. The maximum Gasteiger partial charge on any atom is 0.341 e. The maximum absolute atomic E-state index is 12.6. The highest BCUT2D eigenvalue weighted by Gasteiger charge is 2.27. The first-order chi connectivity index (χ1) is 14.0. The molecule has 3 rings (SSSR count). The van der Waals surface area contributed by atoms with Gasteiger partial charge in [0.1, 0.15) is 0 Å². The van der Waals surface area contributed by atoms with Crippen molar-refractivity contribution in [1.82, 2.24) is 5.32 Å². The first kappa shape index (κ1) is 20.6. The van der Waals surface area contributed by atoms with Crippen LogP contribution in [0.5, 0.6) is 0 Å². The van der Waals surface area contributed by atoms with E-state index in [-0.39, 0.29) is 29.0 Å². The van der Waals surface area contributed by atoms with Gasteiger partial charge in [0.05, 0.1) is 17.5 Å². The van der Waals surface area contributed by atoms with E-state index < -0.39 is 18.0 Å². The van der Waals surface area contributed by atoms with E-state index in [9.17, 15) is 14.4 Å². The molecule has 2 aromatic rings. The molecule has 1 fully saturated rings. The summed E-state index contributed by atoms with van der Waals surface area (Å²) in [5.74, 6) is -0.933. The lowest BCUT2D eigenvalue weighted by molar-refractivity contribution is -0.130. The van der Waals surface area contributed by atoms with Gasteiger partial charge in [0, 0.05) is 6.04 Å². The number of nitrogens with one attached hydrogen (secondary N) is 2. The summed E-state index contributed by atoms with van der Waals surface area (Å²) in [6, 6.07) is 9.71. The van der Waals surface area contributed by atoms with E-state index in [1.54, 1.807) is 31.2 Å². The number of hydrogen-bond donors (Lipinski definition) is 2. The number of hydrogen-bond acceptors (Lipinski definition) is 5. The molecule has 3 atom stereocenters. The molecule has 0 radical (unpaired) electrons. The van der Waals surface area contributed by atoms with Crippen molar-refractivity contribution in [1.29, 1.82) is 0 Å². The molecule has 1 saturated carbocycles. The molecule has 1 aromatic heterocycles. The van der Waals surface area contributed by atoms with Crippen molar-refractivity contribution < 1.29 is 23.5 Å². The highest BCUT2D eigenvalue weighted by molar-refractivity contribution is 6.06. The molecule has 0 saturated heterocycles. The van der Waals surface area contributed by atoms with Crippen molar-refractivity contribution in [2.75, 3.05) is 5.32 Å². The monoisotopic (exact) mass is 398 g/mol. The van der Waals surface area contributed by atoms with Crippen LogP contribution in [0.3, 0.4) is 0 Å². The van der Waals surface area contributed by atoms with Crippen molar-refractivity contribution in [2.45, 2.75) is 51.7 Å². The Hall–Kier alpha value is -3.09. The Morgan fingerprint density at radius 3 is 2.59 bits per heavy atom. The van der Waals surface area contributed by atoms with Gasteiger partial charge in [0.15, 0.2) is 11.9 Å². The molecule has 7 nitrogen and oxygen atoms in total. The van der Waals surface area contributed by atoms with Crippen LogP contribution in [0.1, 0.15) is 60.4 Å². The lowest BCUT2D eigenvalue weighted by Gasteiger charge is -2.30. The van der Waals surface area contributed by atoms with Crippen LogP contribution in [-0.2, 0) is 9.53 Å². The Morgan fingerprint density at radius 2 is 1.86 bits per heavy atom. The van der Waals surface area contributed by atoms with E-state index in [0.717, 1.165) is 19.3 Å². The number of carbonyl (C=O) groups is 3. The molecule has 1 aromatic carbocycles. The number of benzene rings is 1. The largest absolute Gasteiger partial charge is 0.459 e. The summed E-state index contributed by atoms with van der Waals surface area (Å²) >= 11 is 0. The third kappa shape index (κ3) is 5.25. The van der Waals surface area contributed by atoms with Crippen LogP contribution in [0.2, 0.25) is 0 Å². The molecule has 0 bridgehead atoms. The van der Waals surface area contributed by atoms with Crippen molar-refractivity contribution >= 4 is 23.5 Å². The smallest absolute Gasteiger partial charge is 0.341 e. The average molecular weight is 398 g/mol. The Balaban J connectivity index is 1.62. The second-order valence-corrected chi connectivity index (χ2v) is 7.40. The number of amides is 2. The summed E-state index contributed by atoms with van der Waals surface area (Å²) in [6.45, 7) is 3.67. The van der Waals surface area contributed by atoms with Crippen LogP contribution in [0, 0.1) is 5.92 Å². The van der Waals surface area contributed by atoms with Gasteiger partial charge in [-0.1, -0.05) is 31.9 Å². The van der Waals surface area contributed by atoms with E-state index in [4.69, 9.17) is 9.15 Å². The second kappa shape index (κ2) is 9.41. The van der Waals surface area contributed by atoms with Gasteiger partial charge in [-0.25, -0.2) is 4.79 Å². The van der Waals surface area contributed by atoms with E-state index >= 15 is 0 Å². The van der Waals surface area contributed by atoms with Crippen molar-refractivity contribution in [3.05, 3.63) is 54.0 Å². The molecular weight excluding hydrogens is 372 g/mol. The van der Waals surface area contributed by atoms with E-state index in [1.807, 2.05) is 0 Å². The Bertz CT molecular complexity index is 862. The molecular formula is C22H26N2O5. The van der Waals surface area contributed by atoms with Gasteiger partial charge in [0.25, 0.3) is 11.8 Å². The highest BCUT2D eigenvalue weighted by Crippen LogP contribution is 2.24. The van der Waals surface area contributed by atoms with E-state index in [1.165, 1.54) is 24.8 Å². The van der Waals surface area contributed by atoms with Gasteiger partial charge in [0.2, 0.25) is 0 Å². The lowest BCUT2D eigenvalue weighted by Crippen LogP contribution is -2.46. The van der Waals surface area contributed by atoms with Crippen LogP contribution >= 0.6 is 0 Å². The van der Waals surface area contributed by atoms with Gasteiger partial charge in [-0.05, 0) is 49.9 Å². The Morgan fingerprint density at radius 1 is 1.10 bits per heavy atom. The summed E-state index contributed by atoms with van der Waals surface area (Å²) in [5.41, 5.74) is 0.450. The Kier molecular flexibility index (Phi) is 6.69. The molecule has 29 heavy (non-hydrogen) atoms. The lowest BCUT2D eigenvalue weighted by atomic mass is 9.86. The first-order valence-electron chi connectivity index (χ1n) is 9.91. The predicted molar refractivity (Wildman–Crippen MR) is 108 cm³/mol. The SMILES string of the molecule is C[C@@H]1CCCC[C@H]1NC(=O)[C@@H](C)OC(=O)c1ccccc1NC(=O)c1ccco1. The number of carbonyl (C=O) groups excluding carboxylic acids is 3. The van der Waals surface area contributed by atoms with Crippen LogP contribution in [0.4, 0.5) is 5.69 Å². The number of esters is 1. The fourth-order valence-electron chi connectivity index (χ4n) is 3.47. The zero-order chi connectivity index (χ0) is 20.8. The molecule has 7 heteroatoms. The number of para-hydroxylation sites is 1. The molecule has 2 N–H and O–H groups in total. The summed E-state index contributed by atoms with van der Waals surface area (Å²) in [7, 11) is 0. The molecule has 1 aliphatic carbocycles. The van der Waals surface area contributed by atoms with Crippen LogP contribution < -0.4 is 10.6 Å². The molecule has 1 heterocycles. The quantitative estimate of drug-likeness (QED) is 0.722. The minimum absolute atomic E-state index is 0.109. The zero-order valence-electron chi connectivity index (χ0n) is 16.6. The molecule has 154 valence electrons. The number of rotatable bonds is 6. The summed E-state index contributed by atoms with van der Waals surface area (Å²) in [6.07, 6.45) is 4.75. The van der Waals surface area contributed by atoms with Gasteiger partial charge >= 0.3 is 5.97 Å². The number of ether oxygens (including phenoxy) is 1. The maximum atomic E-state index is 12.6. The van der Waals surface area contributed by atoms with Crippen LogP contribution in [0.15, 0.2) is 47.1 Å². The third-order valence-electron chi connectivity index (χ3n) is 5.23. The molecule has 2 amide bonds. The van der Waals surface area contributed by atoms with Gasteiger partial charge in [-0.2, -0.15) is 0 Å². The minimum atomic E-state index is -0.939. The average Bonchev–Trinajstić information content (AvgIpc) is 3.25. The van der Waals surface area contributed by atoms with Crippen molar-refractivity contribution in [3.8, 4) is 0 Å². The Labute approximate surface area is 169 Å².